The number of piperidine rings is 1. The first-order valence-electron chi connectivity index (χ1n) is 7.37. The molecule has 0 radical (unpaired) electrons. The first kappa shape index (κ1) is 19.1. The number of hydrogen-bond acceptors (Lipinski definition) is 5. The van der Waals surface area contributed by atoms with Crippen LogP contribution in [-0.2, 0) is 10.0 Å². The van der Waals surface area contributed by atoms with Crippen molar-refractivity contribution >= 4 is 48.6 Å². The van der Waals surface area contributed by atoms with Crippen molar-refractivity contribution in [1.29, 1.82) is 5.26 Å². The van der Waals surface area contributed by atoms with Gasteiger partial charge in [-0.1, -0.05) is 27.7 Å². The molecule has 1 aliphatic rings. The SMILES string of the molecule is CS/C(=N\C#N)N1CCC(N(c2ccc(Br)cc2)S(C)(=O)=O)CC1. The topological polar surface area (TPSA) is 76.8 Å². The summed E-state index contributed by atoms with van der Waals surface area (Å²) in [7, 11) is -3.37. The normalized spacial score (nSPS) is 16.8. The van der Waals surface area contributed by atoms with Crippen LogP contribution in [0.5, 0.6) is 0 Å². The highest BCUT2D eigenvalue weighted by atomic mass is 79.9. The summed E-state index contributed by atoms with van der Waals surface area (Å²) in [5.41, 5.74) is 0.676. The van der Waals surface area contributed by atoms with Gasteiger partial charge in [-0.3, -0.25) is 4.31 Å². The van der Waals surface area contributed by atoms with Crippen molar-refractivity contribution in [2.24, 2.45) is 4.99 Å². The van der Waals surface area contributed by atoms with E-state index in [2.05, 4.69) is 20.9 Å². The summed E-state index contributed by atoms with van der Waals surface area (Å²) in [5.74, 6) is 0. The molecule has 0 spiro atoms. The van der Waals surface area contributed by atoms with Gasteiger partial charge in [0.2, 0.25) is 16.2 Å². The van der Waals surface area contributed by atoms with Gasteiger partial charge < -0.3 is 4.90 Å². The van der Waals surface area contributed by atoms with Crippen molar-refractivity contribution in [2.75, 3.05) is 29.9 Å². The standard InChI is InChI=1S/C15H19BrN4O2S2/c1-23-15(18-11-17)19-9-7-14(8-10-19)20(24(2,21)22)13-5-3-12(16)4-6-13/h3-6,14H,7-10H2,1-2H3/b18-15-. The molecule has 0 unspecified atom stereocenters. The number of benzene rings is 1. The van der Waals surface area contributed by atoms with Crippen LogP contribution in [0.4, 0.5) is 5.69 Å². The van der Waals surface area contributed by atoms with Crippen LogP contribution in [0.25, 0.3) is 0 Å². The monoisotopic (exact) mass is 430 g/mol. The number of sulfonamides is 1. The van der Waals surface area contributed by atoms with Gasteiger partial charge >= 0.3 is 0 Å². The lowest BCUT2D eigenvalue weighted by Crippen LogP contribution is -2.48. The van der Waals surface area contributed by atoms with E-state index in [1.807, 2.05) is 41.6 Å². The predicted octanol–water partition coefficient (Wildman–Crippen LogP) is 2.88. The molecular formula is C15H19BrN4O2S2. The molecule has 1 fully saturated rings. The number of anilines is 1. The zero-order chi connectivity index (χ0) is 17.7. The fourth-order valence-corrected chi connectivity index (χ4v) is 4.94. The van der Waals surface area contributed by atoms with E-state index in [-0.39, 0.29) is 6.04 Å². The van der Waals surface area contributed by atoms with E-state index in [9.17, 15) is 8.42 Å². The van der Waals surface area contributed by atoms with Gasteiger partial charge in [-0.15, -0.1) is 4.99 Å². The van der Waals surface area contributed by atoms with Crippen molar-refractivity contribution < 1.29 is 8.42 Å². The molecule has 0 aliphatic carbocycles. The van der Waals surface area contributed by atoms with Gasteiger partial charge in [-0.2, -0.15) is 5.26 Å². The summed E-state index contributed by atoms with van der Waals surface area (Å²) in [4.78, 5) is 5.86. The Morgan fingerprint density at radius 3 is 2.42 bits per heavy atom. The molecule has 130 valence electrons. The van der Waals surface area contributed by atoms with Crippen molar-refractivity contribution in [2.45, 2.75) is 18.9 Å². The van der Waals surface area contributed by atoms with E-state index in [4.69, 9.17) is 5.26 Å². The van der Waals surface area contributed by atoms with E-state index >= 15 is 0 Å². The Hall–Kier alpha value is -1.24. The van der Waals surface area contributed by atoms with Crippen LogP contribution in [0.15, 0.2) is 33.7 Å². The maximum atomic E-state index is 12.3. The number of thioether (sulfide) groups is 1. The Labute approximate surface area is 155 Å². The molecule has 0 aromatic heterocycles. The molecule has 1 aromatic rings. The van der Waals surface area contributed by atoms with Gasteiger partial charge in [0.1, 0.15) is 0 Å². The Morgan fingerprint density at radius 1 is 1.38 bits per heavy atom. The molecule has 0 amide bonds. The number of aliphatic imine (C=N–C) groups is 1. The minimum atomic E-state index is -3.37. The minimum absolute atomic E-state index is 0.0948. The second-order valence-corrected chi connectivity index (χ2v) is 9.00. The zero-order valence-corrected chi connectivity index (χ0v) is 16.7. The maximum Gasteiger partial charge on any atom is 0.232 e. The molecule has 0 bridgehead atoms. The molecule has 0 saturated carbocycles. The highest BCUT2D eigenvalue weighted by Crippen LogP contribution is 2.28. The number of rotatable bonds is 3. The summed E-state index contributed by atoms with van der Waals surface area (Å²) in [5, 5.41) is 9.43. The quantitative estimate of drug-likeness (QED) is 0.418. The molecule has 1 aromatic carbocycles. The zero-order valence-electron chi connectivity index (χ0n) is 13.5. The number of amidine groups is 1. The minimum Gasteiger partial charge on any atom is -0.350 e. The summed E-state index contributed by atoms with van der Waals surface area (Å²) in [6, 6.07) is 7.20. The van der Waals surface area contributed by atoms with Crippen molar-refractivity contribution in [3.8, 4) is 6.19 Å². The largest absolute Gasteiger partial charge is 0.350 e. The Balaban J connectivity index is 2.18. The van der Waals surface area contributed by atoms with Crippen LogP contribution in [0.1, 0.15) is 12.8 Å². The number of nitrogens with zero attached hydrogens (tertiary/aromatic N) is 4. The molecule has 9 heteroatoms. The van der Waals surface area contributed by atoms with Crippen LogP contribution >= 0.6 is 27.7 Å². The molecule has 1 saturated heterocycles. The Morgan fingerprint density at radius 2 is 1.96 bits per heavy atom. The van der Waals surface area contributed by atoms with E-state index in [1.54, 1.807) is 0 Å². The van der Waals surface area contributed by atoms with Gasteiger partial charge in [0, 0.05) is 23.6 Å². The average molecular weight is 431 g/mol. The molecule has 24 heavy (non-hydrogen) atoms. The van der Waals surface area contributed by atoms with Crippen molar-refractivity contribution in [1.82, 2.24) is 4.90 Å². The van der Waals surface area contributed by atoms with Crippen molar-refractivity contribution in [3.63, 3.8) is 0 Å². The van der Waals surface area contributed by atoms with E-state index in [0.717, 1.165) is 4.47 Å². The summed E-state index contributed by atoms with van der Waals surface area (Å²) in [6.07, 6.45) is 6.32. The van der Waals surface area contributed by atoms with Crippen LogP contribution in [0.2, 0.25) is 0 Å². The lowest BCUT2D eigenvalue weighted by Gasteiger charge is -2.39. The molecule has 6 nitrogen and oxygen atoms in total. The molecule has 1 heterocycles. The van der Waals surface area contributed by atoms with Crippen LogP contribution in [-0.4, -0.2) is 50.1 Å². The smallest absolute Gasteiger partial charge is 0.232 e. The third kappa shape index (κ3) is 4.65. The fourth-order valence-electron chi connectivity index (χ4n) is 2.84. The van der Waals surface area contributed by atoms with E-state index in [1.165, 1.54) is 22.3 Å². The van der Waals surface area contributed by atoms with Crippen molar-refractivity contribution in [3.05, 3.63) is 28.7 Å². The summed E-state index contributed by atoms with van der Waals surface area (Å²) < 4.78 is 27.1. The summed E-state index contributed by atoms with van der Waals surface area (Å²) in [6.45, 7) is 1.35. The third-order valence-corrected chi connectivity index (χ3v) is 6.30. The molecular weight excluding hydrogens is 412 g/mol. The van der Waals surface area contributed by atoms with Gasteiger partial charge in [0.15, 0.2) is 5.17 Å². The van der Waals surface area contributed by atoms with Crippen LogP contribution < -0.4 is 4.31 Å². The number of halogens is 1. The van der Waals surface area contributed by atoms with E-state index < -0.39 is 10.0 Å². The predicted molar refractivity (Wildman–Crippen MR) is 103 cm³/mol. The second-order valence-electron chi connectivity index (χ2n) is 5.45. The Kier molecular flexibility index (Phi) is 6.54. The number of hydrogen-bond donors (Lipinski definition) is 0. The van der Waals surface area contributed by atoms with Gasteiger partial charge in [-0.25, -0.2) is 8.42 Å². The molecule has 2 rings (SSSR count). The molecule has 0 N–H and O–H groups in total. The molecule has 0 atom stereocenters. The number of nitriles is 1. The average Bonchev–Trinajstić information content (AvgIpc) is 2.54. The van der Waals surface area contributed by atoms with Gasteiger partial charge in [0.25, 0.3) is 0 Å². The van der Waals surface area contributed by atoms with Crippen LogP contribution in [0.3, 0.4) is 0 Å². The highest BCUT2D eigenvalue weighted by molar-refractivity contribution is 9.10. The third-order valence-electron chi connectivity index (χ3n) is 3.83. The first-order chi connectivity index (χ1) is 11.4. The van der Waals surface area contributed by atoms with Gasteiger partial charge in [0.05, 0.1) is 11.9 Å². The summed E-state index contributed by atoms with van der Waals surface area (Å²) >= 11 is 4.80. The van der Waals surface area contributed by atoms with Crippen LogP contribution in [0, 0.1) is 11.5 Å². The lowest BCUT2D eigenvalue weighted by molar-refractivity contribution is 0.319. The Bertz CT molecular complexity index is 736. The highest BCUT2D eigenvalue weighted by Gasteiger charge is 2.31. The van der Waals surface area contributed by atoms with Gasteiger partial charge in [-0.05, 0) is 43.4 Å². The second kappa shape index (κ2) is 8.23. The maximum absolute atomic E-state index is 12.3. The fraction of sp³-hybridized carbons (Fsp3) is 0.467. The molecule has 1 aliphatic heterocycles. The lowest BCUT2D eigenvalue weighted by atomic mass is 10.1. The number of likely N-dealkylation sites (tertiary alicyclic amines) is 1. The first-order valence-corrected chi connectivity index (χ1v) is 11.2. The van der Waals surface area contributed by atoms with E-state index in [0.29, 0.717) is 36.8 Å².